The third kappa shape index (κ3) is 4.87. The fourth-order valence-corrected chi connectivity index (χ4v) is 3.77. The first-order valence-electron chi connectivity index (χ1n) is 10.5. The fourth-order valence-electron chi connectivity index (χ4n) is 3.77. The molecule has 0 unspecified atom stereocenters. The number of hydrogen-bond donors (Lipinski definition) is 2. The summed E-state index contributed by atoms with van der Waals surface area (Å²) in [5.74, 6) is 0.647. The van der Waals surface area contributed by atoms with Crippen LogP contribution in [0.2, 0.25) is 0 Å². The normalized spacial score (nSPS) is 15.1. The monoisotopic (exact) mass is 405 g/mol. The Balaban J connectivity index is 1.40. The molecular formula is C24H28FN5. The fraction of sp³-hybridized carbons (Fsp3) is 0.333. The van der Waals surface area contributed by atoms with Crippen molar-refractivity contribution in [1.29, 1.82) is 0 Å². The molecule has 0 atom stereocenters. The van der Waals surface area contributed by atoms with Gasteiger partial charge in [-0.2, -0.15) is 0 Å². The second-order valence-corrected chi connectivity index (χ2v) is 7.86. The Hall–Kier alpha value is -3.15. The number of aliphatic imine (C=N–C) groups is 1. The zero-order chi connectivity index (χ0) is 20.8. The van der Waals surface area contributed by atoms with E-state index in [9.17, 15) is 4.39 Å². The van der Waals surface area contributed by atoms with Crippen LogP contribution in [0.3, 0.4) is 0 Å². The van der Waals surface area contributed by atoms with Crippen LogP contribution in [-0.4, -0.2) is 28.6 Å². The number of nitrogens with zero attached hydrogens (tertiary/aromatic N) is 3. The molecule has 0 aliphatic heterocycles. The average Bonchev–Trinajstić information content (AvgIpc) is 3.37. The summed E-state index contributed by atoms with van der Waals surface area (Å²) in [6, 6.07) is 15.5. The minimum atomic E-state index is -0.119. The van der Waals surface area contributed by atoms with E-state index < -0.39 is 0 Å². The highest BCUT2D eigenvalue weighted by Gasteiger charge is 2.45. The molecule has 6 heteroatoms. The Morgan fingerprint density at radius 3 is 2.70 bits per heavy atom. The third-order valence-corrected chi connectivity index (χ3v) is 5.57. The predicted molar refractivity (Wildman–Crippen MR) is 118 cm³/mol. The molecule has 2 aromatic carbocycles. The summed E-state index contributed by atoms with van der Waals surface area (Å²) in [6.07, 6.45) is 7.56. The highest BCUT2D eigenvalue weighted by Crippen LogP contribution is 2.48. The van der Waals surface area contributed by atoms with Crippen molar-refractivity contribution in [3.05, 3.63) is 89.8 Å². The summed E-state index contributed by atoms with van der Waals surface area (Å²) in [5, 5.41) is 6.73. The van der Waals surface area contributed by atoms with Crippen LogP contribution in [0.4, 0.5) is 4.39 Å². The van der Waals surface area contributed by atoms with Crippen LogP contribution in [0, 0.1) is 5.82 Å². The Kier molecular flexibility index (Phi) is 6.12. The second kappa shape index (κ2) is 9.11. The number of nitrogens with one attached hydrogen (secondary N) is 2. The van der Waals surface area contributed by atoms with Crippen LogP contribution in [0.25, 0.3) is 0 Å². The van der Waals surface area contributed by atoms with E-state index in [4.69, 9.17) is 4.99 Å². The molecule has 1 aromatic heterocycles. The maximum absolute atomic E-state index is 14.3. The number of halogens is 1. The van der Waals surface area contributed by atoms with E-state index in [0.29, 0.717) is 13.1 Å². The molecule has 4 rings (SSSR count). The van der Waals surface area contributed by atoms with Gasteiger partial charge in [0.1, 0.15) is 5.82 Å². The zero-order valence-corrected chi connectivity index (χ0v) is 17.3. The van der Waals surface area contributed by atoms with E-state index in [1.807, 2.05) is 36.1 Å². The summed E-state index contributed by atoms with van der Waals surface area (Å²) < 4.78 is 16.3. The topological polar surface area (TPSA) is 54.2 Å². The molecule has 156 valence electrons. The van der Waals surface area contributed by atoms with Crippen LogP contribution in [0.15, 0.2) is 72.2 Å². The summed E-state index contributed by atoms with van der Waals surface area (Å²) in [6.45, 7) is 4.88. The lowest BCUT2D eigenvalue weighted by Crippen LogP contribution is -2.41. The van der Waals surface area contributed by atoms with Crippen molar-refractivity contribution < 1.29 is 4.39 Å². The van der Waals surface area contributed by atoms with Crippen molar-refractivity contribution in [2.45, 2.75) is 38.3 Å². The number of guanidine groups is 1. The molecule has 0 amide bonds. The number of aromatic nitrogens is 2. The Morgan fingerprint density at radius 1 is 1.13 bits per heavy atom. The second-order valence-electron chi connectivity index (χ2n) is 7.86. The van der Waals surface area contributed by atoms with Gasteiger partial charge in [-0.1, -0.05) is 42.5 Å². The van der Waals surface area contributed by atoms with E-state index >= 15 is 0 Å². The van der Waals surface area contributed by atoms with Crippen molar-refractivity contribution in [1.82, 2.24) is 20.2 Å². The lowest BCUT2D eigenvalue weighted by atomic mass is 9.95. The van der Waals surface area contributed by atoms with Crippen molar-refractivity contribution in [3.8, 4) is 0 Å². The quantitative estimate of drug-likeness (QED) is 0.442. The molecule has 1 aliphatic rings. The van der Waals surface area contributed by atoms with E-state index in [0.717, 1.165) is 43.0 Å². The van der Waals surface area contributed by atoms with Crippen molar-refractivity contribution in [2.75, 3.05) is 13.1 Å². The van der Waals surface area contributed by atoms with E-state index in [1.54, 1.807) is 18.3 Å². The molecule has 1 aliphatic carbocycles. The zero-order valence-electron chi connectivity index (χ0n) is 17.3. The molecule has 5 nitrogen and oxygen atoms in total. The van der Waals surface area contributed by atoms with Crippen LogP contribution >= 0.6 is 0 Å². The molecule has 2 N–H and O–H groups in total. The van der Waals surface area contributed by atoms with Gasteiger partial charge in [-0.3, -0.25) is 0 Å². The SMILES string of the molecule is CCNC(=NCc1cccc(Cn2ccnc2)c1)NCC1(c2ccccc2F)CC1. The Bertz CT molecular complexity index is 992. The number of imidazole rings is 1. The molecule has 0 saturated heterocycles. The number of hydrogen-bond acceptors (Lipinski definition) is 2. The maximum atomic E-state index is 14.3. The smallest absolute Gasteiger partial charge is 0.191 e. The van der Waals surface area contributed by atoms with Crippen LogP contribution in [0.1, 0.15) is 36.5 Å². The number of rotatable bonds is 8. The molecule has 1 saturated carbocycles. The van der Waals surface area contributed by atoms with E-state index in [2.05, 4.69) is 39.9 Å². The third-order valence-electron chi connectivity index (χ3n) is 5.57. The molecule has 1 heterocycles. The van der Waals surface area contributed by atoms with Gasteiger partial charge in [-0.25, -0.2) is 14.4 Å². The standard InChI is InChI=1S/C24H28FN5/c1-2-27-23(29-17-24(10-11-24)21-8-3-4-9-22(21)25)28-15-19-6-5-7-20(14-19)16-30-13-12-26-18-30/h3-9,12-14,18H,2,10-11,15-17H2,1H3,(H2,27,28,29). The van der Waals surface area contributed by atoms with Crippen molar-refractivity contribution in [2.24, 2.45) is 4.99 Å². The predicted octanol–water partition coefficient (Wildman–Crippen LogP) is 3.86. The van der Waals surface area contributed by atoms with E-state index in [-0.39, 0.29) is 11.2 Å². The van der Waals surface area contributed by atoms with Gasteiger partial charge < -0.3 is 15.2 Å². The summed E-state index contributed by atoms with van der Waals surface area (Å²) in [4.78, 5) is 8.84. The van der Waals surface area contributed by atoms with Crippen LogP contribution in [-0.2, 0) is 18.5 Å². The lowest BCUT2D eigenvalue weighted by Gasteiger charge is -2.19. The van der Waals surface area contributed by atoms with Crippen molar-refractivity contribution >= 4 is 5.96 Å². The highest BCUT2D eigenvalue weighted by molar-refractivity contribution is 5.80. The molecular weight excluding hydrogens is 377 g/mol. The molecule has 0 bridgehead atoms. The van der Waals surface area contributed by atoms with Gasteiger partial charge in [0, 0.05) is 37.4 Å². The van der Waals surface area contributed by atoms with Gasteiger partial charge in [0.25, 0.3) is 0 Å². The Labute approximate surface area is 177 Å². The lowest BCUT2D eigenvalue weighted by molar-refractivity contribution is 0.559. The molecule has 0 radical (unpaired) electrons. The number of benzene rings is 2. The van der Waals surface area contributed by atoms with Gasteiger partial charge >= 0.3 is 0 Å². The maximum Gasteiger partial charge on any atom is 0.191 e. The molecule has 30 heavy (non-hydrogen) atoms. The average molecular weight is 406 g/mol. The van der Waals surface area contributed by atoms with Crippen molar-refractivity contribution in [3.63, 3.8) is 0 Å². The van der Waals surface area contributed by atoms with Gasteiger partial charge in [-0.15, -0.1) is 0 Å². The minimum Gasteiger partial charge on any atom is -0.357 e. The molecule has 3 aromatic rings. The first-order valence-corrected chi connectivity index (χ1v) is 10.5. The first-order chi connectivity index (χ1) is 14.7. The van der Waals surface area contributed by atoms with Gasteiger partial charge in [0.15, 0.2) is 5.96 Å². The molecule has 1 fully saturated rings. The largest absolute Gasteiger partial charge is 0.357 e. The van der Waals surface area contributed by atoms with E-state index in [1.165, 1.54) is 5.56 Å². The minimum absolute atomic E-state index is 0.117. The van der Waals surface area contributed by atoms with Crippen LogP contribution in [0.5, 0.6) is 0 Å². The summed E-state index contributed by atoms with van der Waals surface area (Å²) in [7, 11) is 0. The van der Waals surface area contributed by atoms with Gasteiger partial charge in [0.05, 0.1) is 12.9 Å². The summed E-state index contributed by atoms with van der Waals surface area (Å²) >= 11 is 0. The van der Waals surface area contributed by atoms with Crippen LogP contribution < -0.4 is 10.6 Å². The molecule has 0 spiro atoms. The summed E-state index contributed by atoms with van der Waals surface area (Å²) in [5.41, 5.74) is 3.06. The van der Waals surface area contributed by atoms with Gasteiger partial charge in [-0.05, 0) is 42.5 Å². The van der Waals surface area contributed by atoms with Gasteiger partial charge in [0.2, 0.25) is 0 Å². The first kappa shape index (κ1) is 20.1. The Morgan fingerprint density at radius 2 is 1.97 bits per heavy atom. The highest BCUT2D eigenvalue weighted by atomic mass is 19.1.